The predicted molar refractivity (Wildman–Crippen MR) is 101 cm³/mol. The number of halogens is 3. The first-order chi connectivity index (χ1) is 11.1. The van der Waals surface area contributed by atoms with Gasteiger partial charge < -0.3 is 10.6 Å². The lowest BCUT2D eigenvalue weighted by atomic mass is 9.89. The Labute approximate surface area is 158 Å². The zero-order chi connectivity index (χ0) is 16.4. The van der Waals surface area contributed by atoms with Gasteiger partial charge in [-0.15, -0.1) is 12.4 Å². The van der Waals surface area contributed by atoms with Crippen LogP contribution in [0.25, 0.3) is 0 Å². The van der Waals surface area contributed by atoms with E-state index in [1.807, 2.05) is 23.1 Å². The molecular formula is C18H19Cl3N2O. The van der Waals surface area contributed by atoms with Crippen molar-refractivity contribution in [3.05, 3.63) is 69.7 Å². The maximum Gasteiger partial charge on any atom is 0.255 e. The van der Waals surface area contributed by atoms with Gasteiger partial charge in [0.05, 0.1) is 10.6 Å². The number of carbonyl (C=O) groups is 1. The molecule has 0 aromatic heterocycles. The first-order valence-electron chi connectivity index (χ1n) is 7.59. The Morgan fingerprint density at radius 2 is 1.83 bits per heavy atom. The number of likely N-dealkylation sites (tertiary alicyclic amines) is 1. The Morgan fingerprint density at radius 3 is 2.50 bits per heavy atom. The van der Waals surface area contributed by atoms with E-state index in [2.05, 4.69) is 12.1 Å². The largest absolute Gasteiger partial charge is 0.338 e. The first kappa shape index (κ1) is 19.1. The van der Waals surface area contributed by atoms with Crippen molar-refractivity contribution in [2.45, 2.75) is 5.92 Å². The molecule has 2 atom stereocenters. The van der Waals surface area contributed by atoms with Crippen LogP contribution in [0.3, 0.4) is 0 Å². The van der Waals surface area contributed by atoms with Crippen LogP contribution in [-0.4, -0.2) is 30.4 Å². The highest BCUT2D eigenvalue weighted by atomic mass is 35.5. The van der Waals surface area contributed by atoms with Crippen LogP contribution < -0.4 is 5.73 Å². The predicted octanol–water partition coefficient (Wildman–Crippen LogP) is 4.23. The number of carbonyl (C=O) groups excluding carboxylic acids is 1. The van der Waals surface area contributed by atoms with E-state index in [0.717, 1.165) is 0 Å². The lowest BCUT2D eigenvalue weighted by molar-refractivity contribution is 0.0786. The molecule has 128 valence electrons. The molecule has 1 aliphatic heterocycles. The topological polar surface area (TPSA) is 46.3 Å². The summed E-state index contributed by atoms with van der Waals surface area (Å²) in [5.74, 6) is 0.414. The zero-order valence-corrected chi connectivity index (χ0v) is 15.3. The van der Waals surface area contributed by atoms with Crippen LogP contribution in [0.4, 0.5) is 0 Å². The van der Waals surface area contributed by atoms with Crippen LogP contribution in [0.2, 0.25) is 10.0 Å². The van der Waals surface area contributed by atoms with Crippen molar-refractivity contribution in [1.29, 1.82) is 0 Å². The van der Waals surface area contributed by atoms with Crippen LogP contribution >= 0.6 is 35.6 Å². The van der Waals surface area contributed by atoms with E-state index < -0.39 is 0 Å². The summed E-state index contributed by atoms with van der Waals surface area (Å²) in [6.07, 6.45) is 0. The summed E-state index contributed by atoms with van der Waals surface area (Å²) in [5, 5.41) is 0.929. The summed E-state index contributed by atoms with van der Waals surface area (Å²) in [7, 11) is 0. The molecule has 0 saturated carbocycles. The Balaban J connectivity index is 0.00000208. The van der Waals surface area contributed by atoms with Gasteiger partial charge in [-0.3, -0.25) is 4.79 Å². The lowest BCUT2D eigenvalue weighted by Gasteiger charge is -2.17. The van der Waals surface area contributed by atoms with Crippen LogP contribution in [0, 0.1) is 5.92 Å². The summed E-state index contributed by atoms with van der Waals surface area (Å²) in [5.41, 5.74) is 7.60. The Hall–Kier alpha value is -1.26. The average Bonchev–Trinajstić information content (AvgIpc) is 3.01. The highest BCUT2D eigenvalue weighted by Crippen LogP contribution is 2.33. The van der Waals surface area contributed by atoms with Crippen molar-refractivity contribution in [3.8, 4) is 0 Å². The smallest absolute Gasteiger partial charge is 0.255 e. The normalized spacial score (nSPS) is 19.9. The standard InChI is InChI=1S/C18H18Cl2N2O.ClH/c19-14-6-7-17(20)15(8-14)18(23)22-10-13(9-21)16(11-22)12-4-2-1-3-5-12;/h1-8,13,16H,9-11,21H2;1H/t13-,16+;/m1./s1. The molecule has 0 radical (unpaired) electrons. The van der Waals surface area contributed by atoms with Crippen molar-refractivity contribution in [2.24, 2.45) is 11.7 Å². The van der Waals surface area contributed by atoms with E-state index in [9.17, 15) is 4.79 Å². The quantitative estimate of drug-likeness (QED) is 0.859. The number of nitrogens with two attached hydrogens (primary N) is 1. The van der Waals surface area contributed by atoms with Crippen LogP contribution in [0.1, 0.15) is 21.8 Å². The second-order valence-electron chi connectivity index (χ2n) is 5.85. The van der Waals surface area contributed by atoms with Gasteiger partial charge in [0, 0.05) is 24.0 Å². The van der Waals surface area contributed by atoms with Crippen molar-refractivity contribution in [1.82, 2.24) is 4.90 Å². The molecule has 1 saturated heterocycles. The summed E-state index contributed by atoms with van der Waals surface area (Å²) in [6, 6.07) is 15.2. The van der Waals surface area contributed by atoms with Gasteiger partial charge >= 0.3 is 0 Å². The highest BCUT2D eigenvalue weighted by molar-refractivity contribution is 6.35. The molecule has 3 nitrogen and oxygen atoms in total. The molecule has 0 aliphatic carbocycles. The zero-order valence-electron chi connectivity index (χ0n) is 13.0. The fraction of sp³-hybridized carbons (Fsp3) is 0.278. The van der Waals surface area contributed by atoms with Gasteiger partial charge in [-0.05, 0) is 36.2 Å². The monoisotopic (exact) mass is 384 g/mol. The van der Waals surface area contributed by atoms with Crippen LogP contribution in [-0.2, 0) is 0 Å². The van der Waals surface area contributed by atoms with Gasteiger partial charge in [-0.2, -0.15) is 0 Å². The minimum atomic E-state index is -0.0885. The fourth-order valence-corrected chi connectivity index (χ4v) is 3.56. The van der Waals surface area contributed by atoms with Crippen molar-refractivity contribution in [2.75, 3.05) is 19.6 Å². The molecule has 0 spiro atoms. The van der Waals surface area contributed by atoms with Gasteiger partial charge in [-0.1, -0.05) is 53.5 Å². The third kappa shape index (κ3) is 3.86. The van der Waals surface area contributed by atoms with Crippen LogP contribution in [0.5, 0.6) is 0 Å². The number of benzene rings is 2. The third-order valence-electron chi connectivity index (χ3n) is 4.42. The van der Waals surface area contributed by atoms with Gasteiger partial charge in [-0.25, -0.2) is 0 Å². The molecular weight excluding hydrogens is 367 g/mol. The molecule has 1 fully saturated rings. The third-order valence-corrected chi connectivity index (χ3v) is 4.98. The summed E-state index contributed by atoms with van der Waals surface area (Å²) < 4.78 is 0. The summed E-state index contributed by atoms with van der Waals surface area (Å²) in [4.78, 5) is 14.6. The molecule has 1 heterocycles. The fourth-order valence-electron chi connectivity index (χ4n) is 3.19. The maximum atomic E-state index is 12.8. The van der Waals surface area contributed by atoms with Crippen molar-refractivity contribution >= 4 is 41.5 Å². The molecule has 2 aromatic rings. The van der Waals surface area contributed by atoms with Gasteiger partial charge in [0.1, 0.15) is 0 Å². The molecule has 0 bridgehead atoms. The molecule has 2 N–H and O–H groups in total. The number of hydrogen-bond donors (Lipinski definition) is 1. The maximum absolute atomic E-state index is 12.8. The molecule has 0 unspecified atom stereocenters. The number of nitrogens with zero attached hydrogens (tertiary/aromatic N) is 1. The number of amides is 1. The van der Waals surface area contributed by atoms with E-state index in [1.165, 1.54) is 5.56 Å². The molecule has 3 rings (SSSR count). The average molecular weight is 386 g/mol. The minimum absolute atomic E-state index is 0. The van der Waals surface area contributed by atoms with E-state index >= 15 is 0 Å². The van der Waals surface area contributed by atoms with Gasteiger partial charge in [0.25, 0.3) is 5.91 Å². The minimum Gasteiger partial charge on any atom is -0.338 e. The van der Waals surface area contributed by atoms with Crippen LogP contribution in [0.15, 0.2) is 48.5 Å². The SMILES string of the molecule is Cl.NC[C@@H]1CN(C(=O)c2cc(Cl)ccc2Cl)C[C@H]1c1ccccc1. The Bertz CT molecular complexity index is 709. The summed E-state index contributed by atoms with van der Waals surface area (Å²) in [6.45, 7) is 1.83. The molecule has 24 heavy (non-hydrogen) atoms. The second kappa shape index (κ2) is 8.21. The number of rotatable bonds is 3. The van der Waals surface area contributed by atoms with Gasteiger partial charge in [0.15, 0.2) is 0 Å². The lowest BCUT2D eigenvalue weighted by Crippen LogP contribution is -2.30. The molecule has 1 amide bonds. The van der Waals surface area contributed by atoms with E-state index in [1.54, 1.807) is 18.2 Å². The Kier molecular flexibility index (Phi) is 6.53. The Morgan fingerprint density at radius 1 is 1.12 bits per heavy atom. The van der Waals surface area contributed by atoms with E-state index in [4.69, 9.17) is 28.9 Å². The molecule has 6 heteroatoms. The summed E-state index contributed by atoms with van der Waals surface area (Å²) >= 11 is 12.2. The first-order valence-corrected chi connectivity index (χ1v) is 8.35. The van der Waals surface area contributed by atoms with Crippen molar-refractivity contribution < 1.29 is 4.79 Å². The number of hydrogen-bond acceptors (Lipinski definition) is 2. The van der Waals surface area contributed by atoms with Gasteiger partial charge in [0.2, 0.25) is 0 Å². The van der Waals surface area contributed by atoms with Crippen molar-refractivity contribution in [3.63, 3.8) is 0 Å². The highest BCUT2D eigenvalue weighted by Gasteiger charge is 2.36. The second-order valence-corrected chi connectivity index (χ2v) is 6.69. The molecule has 1 aliphatic rings. The van der Waals surface area contributed by atoms with E-state index in [-0.39, 0.29) is 30.2 Å². The van der Waals surface area contributed by atoms with E-state index in [0.29, 0.717) is 35.2 Å². The molecule has 2 aromatic carbocycles.